The maximum Gasteiger partial charge on any atom is 0.150 e. The minimum atomic E-state index is 0.662. The van der Waals surface area contributed by atoms with Crippen LogP contribution in [0.1, 0.15) is 28.9 Å². The highest BCUT2D eigenvalue weighted by atomic mass is 16.5. The summed E-state index contributed by atoms with van der Waals surface area (Å²) in [6.07, 6.45) is 5.20. The summed E-state index contributed by atoms with van der Waals surface area (Å²) in [7, 11) is 0. The molecule has 20 heavy (non-hydrogen) atoms. The summed E-state index contributed by atoms with van der Waals surface area (Å²) in [6.45, 7) is 2.71. The molecular formula is C17H17NO2. The molecule has 0 aliphatic heterocycles. The molecule has 1 aromatic carbocycles. The average molecular weight is 267 g/mol. The van der Waals surface area contributed by atoms with E-state index in [0.29, 0.717) is 11.5 Å². The number of aldehydes is 1. The lowest BCUT2D eigenvalue weighted by molar-refractivity contribution is 0.112. The first-order chi connectivity index (χ1) is 9.76. The van der Waals surface area contributed by atoms with E-state index in [-0.39, 0.29) is 0 Å². The first kappa shape index (κ1) is 12.9. The van der Waals surface area contributed by atoms with Crippen molar-refractivity contribution in [2.75, 3.05) is 6.61 Å². The number of rotatable bonds is 5. The number of aryl methyl sites for hydroxylation is 1. The zero-order valence-electron chi connectivity index (χ0n) is 11.5. The largest absolute Gasteiger partial charge is 0.493 e. The highest BCUT2D eigenvalue weighted by molar-refractivity contribution is 5.88. The minimum absolute atomic E-state index is 0.662. The summed E-state index contributed by atoms with van der Waals surface area (Å²) in [5.74, 6) is 1.53. The average Bonchev–Trinajstić information content (AvgIpc) is 3.30. The Hall–Kier alpha value is -2.16. The van der Waals surface area contributed by atoms with Crippen LogP contribution in [0.25, 0.3) is 11.1 Å². The van der Waals surface area contributed by atoms with Crippen molar-refractivity contribution in [3.8, 4) is 16.9 Å². The van der Waals surface area contributed by atoms with E-state index < -0.39 is 0 Å². The summed E-state index contributed by atoms with van der Waals surface area (Å²) in [4.78, 5) is 15.5. The molecule has 1 heterocycles. The van der Waals surface area contributed by atoms with Crippen molar-refractivity contribution in [1.29, 1.82) is 0 Å². The monoisotopic (exact) mass is 267 g/mol. The van der Waals surface area contributed by atoms with Gasteiger partial charge in [-0.1, -0.05) is 6.07 Å². The fourth-order valence-corrected chi connectivity index (χ4v) is 2.10. The lowest BCUT2D eigenvalue weighted by atomic mass is 10.0. The van der Waals surface area contributed by atoms with Crippen molar-refractivity contribution in [2.45, 2.75) is 19.8 Å². The van der Waals surface area contributed by atoms with Crippen molar-refractivity contribution in [1.82, 2.24) is 4.98 Å². The zero-order valence-corrected chi connectivity index (χ0v) is 11.5. The smallest absolute Gasteiger partial charge is 0.150 e. The van der Waals surface area contributed by atoms with Gasteiger partial charge in [0.05, 0.1) is 6.61 Å². The highest BCUT2D eigenvalue weighted by Gasteiger charge is 2.22. The molecule has 1 saturated carbocycles. The Bertz CT molecular complexity index is 615. The standard InChI is InChI=1S/C17H17NO2/c1-12-2-5-14(9-18-12)17-8-16(7-6-15(17)10-19)20-11-13-3-4-13/h2,5-10,13H,3-4,11H2,1H3. The third-order valence-corrected chi connectivity index (χ3v) is 3.56. The van der Waals surface area contributed by atoms with Crippen LogP contribution >= 0.6 is 0 Å². The van der Waals surface area contributed by atoms with Crippen LogP contribution in [0.15, 0.2) is 36.5 Å². The van der Waals surface area contributed by atoms with Gasteiger partial charge in [0.25, 0.3) is 0 Å². The molecule has 0 bridgehead atoms. The number of carbonyl (C=O) groups excluding carboxylic acids is 1. The van der Waals surface area contributed by atoms with Gasteiger partial charge in [0, 0.05) is 23.0 Å². The molecule has 1 aromatic heterocycles. The molecule has 0 unspecified atom stereocenters. The molecule has 0 spiro atoms. The van der Waals surface area contributed by atoms with Crippen molar-refractivity contribution in [3.63, 3.8) is 0 Å². The van der Waals surface area contributed by atoms with Crippen LogP contribution in [0.5, 0.6) is 5.75 Å². The highest BCUT2D eigenvalue weighted by Crippen LogP contribution is 2.31. The molecule has 0 radical (unpaired) electrons. The summed E-state index contributed by atoms with van der Waals surface area (Å²) < 4.78 is 5.78. The second-order valence-electron chi connectivity index (χ2n) is 5.31. The molecule has 1 fully saturated rings. The summed E-state index contributed by atoms with van der Waals surface area (Å²) in [5, 5.41) is 0. The number of hydrogen-bond acceptors (Lipinski definition) is 3. The number of ether oxygens (including phenoxy) is 1. The van der Waals surface area contributed by atoms with Crippen molar-refractivity contribution in [3.05, 3.63) is 47.8 Å². The SMILES string of the molecule is Cc1ccc(-c2cc(OCC3CC3)ccc2C=O)cn1. The van der Waals surface area contributed by atoms with E-state index >= 15 is 0 Å². The topological polar surface area (TPSA) is 39.2 Å². The maximum absolute atomic E-state index is 11.2. The van der Waals surface area contributed by atoms with Crippen LogP contribution in [0.3, 0.4) is 0 Å². The third-order valence-electron chi connectivity index (χ3n) is 3.56. The molecule has 1 aliphatic carbocycles. The van der Waals surface area contributed by atoms with Crippen molar-refractivity contribution in [2.24, 2.45) is 5.92 Å². The Kier molecular flexibility index (Phi) is 3.50. The van der Waals surface area contributed by atoms with Gasteiger partial charge in [0.2, 0.25) is 0 Å². The van der Waals surface area contributed by atoms with E-state index in [1.807, 2.05) is 37.3 Å². The maximum atomic E-state index is 11.2. The normalized spacial score (nSPS) is 14.1. The molecular weight excluding hydrogens is 250 g/mol. The lowest BCUT2D eigenvalue weighted by Gasteiger charge is -2.10. The predicted molar refractivity (Wildman–Crippen MR) is 78.0 cm³/mol. The van der Waals surface area contributed by atoms with Gasteiger partial charge in [-0.25, -0.2) is 0 Å². The van der Waals surface area contributed by atoms with Gasteiger partial charge in [-0.05, 0) is 55.5 Å². The van der Waals surface area contributed by atoms with Gasteiger partial charge in [-0.3, -0.25) is 9.78 Å². The molecule has 102 valence electrons. The second-order valence-corrected chi connectivity index (χ2v) is 5.31. The fraction of sp³-hybridized carbons (Fsp3) is 0.294. The van der Waals surface area contributed by atoms with E-state index in [2.05, 4.69) is 4.98 Å². The van der Waals surface area contributed by atoms with Gasteiger partial charge >= 0.3 is 0 Å². The van der Waals surface area contributed by atoms with Gasteiger partial charge in [0.1, 0.15) is 5.75 Å². The molecule has 3 nitrogen and oxygen atoms in total. The summed E-state index contributed by atoms with van der Waals surface area (Å²) in [6, 6.07) is 9.52. The lowest BCUT2D eigenvalue weighted by Crippen LogP contribution is -2.00. The molecule has 0 amide bonds. The third kappa shape index (κ3) is 2.87. The number of pyridine rings is 1. The number of benzene rings is 1. The van der Waals surface area contributed by atoms with Crippen LogP contribution < -0.4 is 4.74 Å². The number of carbonyl (C=O) groups is 1. The van der Waals surface area contributed by atoms with Gasteiger partial charge in [-0.15, -0.1) is 0 Å². The van der Waals surface area contributed by atoms with Crippen LogP contribution in [-0.4, -0.2) is 17.9 Å². The van der Waals surface area contributed by atoms with Gasteiger partial charge < -0.3 is 4.74 Å². The minimum Gasteiger partial charge on any atom is -0.493 e. The van der Waals surface area contributed by atoms with E-state index in [1.54, 1.807) is 6.20 Å². The van der Waals surface area contributed by atoms with Crippen LogP contribution in [-0.2, 0) is 0 Å². The number of aromatic nitrogens is 1. The van der Waals surface area contributed by atoms with E-state index in [1.165, 1.54) is 12.8 Å². The van der Waals surface area contributed by atoms with Gasteiger partial charge in [0.15, 0.2) is 6.29 Å². The van der Waals surface area contributed by atoms with Crippen LogP contribution in [0, 0.1) is 12.8 Å². The number of nitrogens with zero attached hydrogens (tertiary/aromatic N) is 1. The fourth-order valence-electron chi connectivity index (χ4n) is 2.10. The van der Waals surface area contributed by atoms with E-state index in [0.717, 1.165) is 35.5 Å². The van der Waals surface area contributed by atoms with Crippen LogP contribution in [0.4, 0.5) is 0 Å². The van der Waals surface area contributed by atoms with Crippen molar-refractivity contribution >= 4 is 6.29 Å². The Labute approximate surface area is 118 Å². The molecule has 2 aromatic rings. The molecule has 3 heteroatoms. The molecule has 0 N–H and O–H groups in total. The first-order valence-corrected chi connectivity index (χ1v) is 6.91. The predicted octanol–water partition coefficient (Wildman–Crippen LogP) is 3.66. The first-order valence-electron chi connectivity index (χ1n) is 6.91. The van der Waals surface area contributed by atoms with E-state index in [9.17, 15) is 4.79 Å². The molecule has 0 atom stereocenters. The molecule has 3 rings (SSSR count). The zero-order chi connectivity index (χ0) is 13.9. The quantitative estimate of drug-likeness (QED) is 0.776. The van der Waals surface area contributed by atoms with Crippen molar-refractivity contribution < 1.29 is 9.53 Å². The molecule has 1 aliphatic rings. The molecule has 0 saturated heterocycles. The number of hydrogen-bond donors (Lipinski definition) is 0. The Morgan fingerprint density at radius 2 is 2.15 bits per heavy atom. The van der Waals surface area contributed by atoms with Gasteiger partial charge in [-0.2, -0.15) is 0 Å². The Morgan fingerprint density at radius 3 is 2.80 bits per heavy atom. The Balaban J connectivity index is 1.91. The second kappa shape index (κ2) is 5.45. The van der Waals surface area contributed by atoms with E-state index in [4.69, 9.17) is 4.74 Å². The van der Waals surface area contributed by atoms with Crippen LogP contribution in [0.2, 0.25) is 0 Å². The summed E-state index contributed by atoms with van der Waals surface area (Å²) in [5.41, 5.74) is 3.44. The Morgan fingerprint density at radius 1 is 1.30 bits per heavy atom. The summed E-state index contributed by atoms with van der Waals surface area (Å²) >= 11 is 0.